The van der Waals surface area contributed by atoms with Crippen LogP contribution in [0.3, 0.4) is 0 Å². The van der Waals surface area contributed by atoms with Crippen LogP contribution in [0.1, 0.15) is 113 Å². The van der Waals surface area contributed by atoms with Crippen LogP contribution in [0.4, 0.5) is 0 Å². The molecule has 0 spiro atoms. The van der Waals surface area contributed by atoms with E-state index >= 15 is 0 Å². The van der Waals surface area contributed by atoms with Gasteiger partial charge >= 0.3 is 11.9 Å². The molecule has 0 unspecified atom stereocenters. The van der Waals surface area contributed by atoms with Gasteiger partial charge in [-0.2, -0.15) is 0 Å². The molecule has 5 nitrogen and oxygen atoms in total. The molecule has 0 aromatic carbocycles. The molecule has 5 heteroatoms. The number of aromatic nitrogens is 1. The molecule has 0 aliphatic carbocycles. The van der Waals surface area contributed by atoms with Crippen molar-refractivity contribution in [3.8, 4) is 0 Å². The van der Waals surface area contributed by atoms with Crippen molar-refractivity contribution in [2.75, 3.05) is 13.2 Å². The lowest BCUT2D eigenvalue weighted by atomic mass is 9.99. The molecule has 0 aliphatic rings. The van der Waals surface area contributed by atoms with Gasteiger partial charge < -0.3 is 9.47 Å². The van der Waals surface area contributed by atoms with Crippen LogP contribution in [0.2, 0.25) is 0 Å². The fourth-order valence-corrected chi connectivity index (χ4v) is 2.85. The fraction of sp³-hybridized carbons (Fsp3) is 0.708. The first kappa shape index (κ1) is 25.1. The van der Waals surface area contributed by atoms with Crippen molar-refractivity contribution in [3.05, 3.63) is 29.6 Å². The van der Waals surface area contributed by atoms with E-state index in [0.717, 1.165) is 12.8 Å². The number of carbonyl (C=O) groups is 2. The number of hydrogen-bond acceptors (Lipinski definition) is 5. The largest absolute Gasteiger partial charge is 0.461 e. The molecule has 0 saturated heterocycles. The minimum atomic E-state index is -0.524. The summed E-state index contributed by atoms with van der Waals surface area (Å²) in [6.07, 6.45) is 12.3. The van der Waals surface area contributed by atoms with E-state index in [1.807, 2.05) is 20.8 Å². The maximum absolute atomic E-state index is 12.2. The predicted molar refractivity (Wildman–Crippen MR) is 116 cm³/mol. The molecule has 0 radical (unpaired) electrons. The van der Waals surface area contributed by atoms with E-state index in [-0.39, 0.29) is 16.8 Å². The number of unbranched alkanes of at least 4 members (excludes halogenated alkanes) is 9. The van der Waals surface area contributed by atoms with Gasteiger partial charge in [0, 0.05) is 0 Å². The Morgan fingerprint density at radius 2 is 1.28 bits per heavy atom. The third kappa shape index (κ3) is 12.3. The summed E-state index contributed by atoms with van der Waals surface area (Å²) in [5.74, 6) is -1.02. The normalized spacial score (nSPS) is 11.3. The van der Waals surface area contributed by atoms with Gasteiger partial charge in [-0.25, -0.2) is 14.6 Å². The van der Waals surface area contributed by atoms with Crippen molar-refractivity contribution in [2.45, 2.75) is 91.9 Å². The Hall–Kier alpha value is -1.91. The molecule has 1 rings (SSSR count). The molecule has 164 valence electrons. The van der Waals surface area contributed by atoms with E-state index in [9.17, 15) is 9.59 Å². The first-order chi connectivity index (χ1) is 13.8. The number of pyridine rings is 1. The van der Waals surface area contributed by atoms with Gasteiger partial charge in [0.2, 0.25) is 0 Å². The molecular weight excluding hydrogens is 366 g/mol. The van der Waals surface area contributed by atoms with E-state index in [4.69, 9.17) is 9.47 Å². The van der Waals surface area contributed by atoms with Gasteiger partial charge in [0.1, 0.15) is 11.4 Å². The first-order valence-corrected chi connectivity index (χ1v) is 11.1. The summed E-state index contributed by atoms with van der Waals surface area (Å²) in [6, 6.07) is 4.73. The molecule has 0 atom stereocenters. The summed E-state index contributed by atoms with van der Waals surface area (Å²) in [4.78, 5) is 28.3. The van der Waals surface area contributed by atoms with Crippen molar-refractivity contribution in [1.29, 1.82) is 0 Å². The summed E-state index contributed by atoms with van der Waals surface area (Å²) in [6.45, 7) is 8.86. The molecular formula is C24H39NO4. The van der Waals surface area contributed by atoms with Gasteiger partial charge in [-0.3, -0.25) is 0 Å². The van der Waals surface area contributed by atoms with E-state index < -0.39 is 11.9 Å². The van der Waals surface area contributed by atoms with Crippen LogP contribution in [-0.4, -0.2) is 30.1 Å². The minimum Gasteiger partial charge on any atom is -0.461 e. The first-order valence-electron chi connectivity index (χ1n) is 11.1. The summed E-state index contributed by atoms with van der Waals surface area (Å²) in [5, 5.41) is 0. The number of hydrogen-bond donors (Lipinski definition) is 0. The van der Waals surface area contributed by atoms with Crippen molar-refractivity contribution in [3.63, 3.8) is 0 Å². The quantitative estimate of drug-likeness (QED) is 0.266. The molecule has 0 aliphatic heterocycles. The van der Waals surface area contributed by atoms with Crippen molar-refractivity contribution < 1.29 is 19.1 Å². The number of carbonyl (C=O) groups excluding carboxylic acids is 2. The lowest BCUT2D eigenvalue weighted by molar-refractivity contribution is 0.0359. The molecule has 0 N–H and O–H groups in total. The van der Waals surface area contributed by atoms with Gasteiger partial charge in [-0.15, -0.1) is 0 Å². The predicted octanol–water partition coefficient (Wildman–Crippen LogP) is 6.36. The number of ether oxygens (including phenoxy) is 2. The van der Waals surface area contributed by atoms with E-state index in [1.54, 1.807) is 18.2 Å². The highest BCUT2D eigenvalue weighted by molar-refractivity contribution is 5.91. The molecule has 1 aromatic rings. The second-order valence-electron chi connectivity index (χ2n) is 8.86. The molecule has 1 heterocycles. The highest BCUT2D eigenvalue weighted by Crippen LogP contribution is 2.14. The zero-order chi connectivity index (χ0) is 21.5. The summed E-state index contributed by atoms with van der Waals surface area (Å²) in [7, 11) is 0. The van der Waals surface area contributed by atoms with E-state index in [1.165, 1.54) is 51.4 Å². The number of nitrogens with zero attached hydrogens (tertiary/aromatic N) is 1. The Bertz CT molecular complexity index is 607. The maximum atomic E-state index is 12.2. The zero-order valence-corrected chi connectivity index (χ0v) is 18.8. The molecule has 29 heavy (non-hydrogen) atoms. The third-order valence-corrected chi connectivity index (χ3v) is 4.53. The van der Waals surface area contributed by atoms with Crippen molar-refractivity contribution >= 4 is 11.9 Å². The Morgan fingerprint density at radius 1 is 0.793 bits per heavy atom. The van der Waals surface area contributed by atoms with E-state index in [0.29, 0.717) is 13.2 Å². The minimum absolute atomic E-state index is 0.124. The highest BCUT2D eigenvalue weighted by Gasteiger charge is 2.17. The van der Waals surface area contributed by atoms with Crippen LogP contribution in [0.25, 0.3) is 0 Å². The van der Waals surface area contributed by atoms with Gasteiger partial charge in [0.05, 0.1) is 13.2 Å². The summed E-state index contributed by atoms with van der Waals surface area (Å²) < 4.78 is 10.5. The number of rotatable bonds is 14. The van der Waals surface area contributed by atoms with Crippen molar-refractivity contribution in [1.82, 2.24) is 4.98 Å². The molecule has 0 bridgehead atoms. The highest BCUT2D eigenvalue weighted by atomic mass is 16.5. The average molecular weight is 406 g/mol. The lowest BCUT2D eigenvalue weighted by Gasteiger charge is -2.17. The molecule has 0 amide bonds. The summed E-state index contributed by atoms with van der Waals surface area (Å²) in [5.41, 5.74) is 0.145. The standard InChI is InChI=1S/C24H39NO4/c1-5-6-7-8-9-10-11-12-13-14-18-28-22(26)20-16-15-17-21(25-20)23(27)29-19-24(2,3)4/h15-17H,5-14,18-19H2,1-4H3. The smallest absolute Gasteiger partial charge is 0.356 e. The van der Waals surface area contributed by atoms with Gasteiger partial charge in [-0.1, -0.05) is 91.5 Å². The topological polar surface area (TPSA) is 65.5 Å². The van der Waals surface area contributed by atoms with Crippen LogP contribution in [0.5, 0.6) is 0 Å². The monoisotopic (exact) mass is 405 g/mol. The van der Waals surface area contributed by atoms with Crippen LogP contribution >= 0.6 is 0 Å². The lowest BCUT2D eigenvalue weighted by Crippen LogP contribution is -2.19. The Labute approximate surface area is 176 Å². The second kappa shape index (κ2) is 14.1. The summed E-state index contributed by atoms with van der Waals surface area (Å²) >= 11 is 0. The van der Waals surface area contributed by atoms with E-state index in [2.05, 4.69) is 11.9 Å². The molecule has 1 aromatic heterocycles. The van der Waals surface area contributed by atoms with Gasteiger partial charge in [0.15, 0.2) is 0 Å². The van der Waals surface area contributed by atoms with Crippen LogP contribution < -0.4 is 0 Å². The molecule has 0 fully saturated rings. The van der Waals surface area contributed by atoms with Crippen LogP contribution in [0, 0.1) is 5.41 Å². The zero-order valence-electron chi connectivity index (χ0n) is 18.8. The maximum Gasteiger partial charge on any atom is 0.356 e. The van der Waals surface area contributed by atoms with Gasteiger partial charge in [-0.05, 0) is 24.0 Å². The van der Waals surface area contributed by atoms with Gasteiger partial charge in [0.25, 0.3) is 0 Å². The molecule has 0 saturated carbocycles. The fourth-order valence-electron chi connectivity index (χ4n) is 2.85. The Balaban J connectivity index is 2.22. The van der Waals surface area contributed by atoms with Crippen LogP contribution in [-0.2, 0) is 9.47 Å². The second-order valence-corrected chi connectivity index (χ2v) is 8.86. The van der Waals surface area contributed by atoms with Crippen LogP contribution in [0.15, 0.2) is 18.2 Å². The number of esters is 2. The third-order valence-electron chi connectivity index (χ3n) is 4.53. The van der Waals surface area contributed by atoms with Crippen molar-refractivity contribution in [2.24, 2.45) is 5.41 Å². The Morgan fingerprint density at radius 3 is 1.79 bits per heavy atom. The average Bonchev–Trinajstić information content (AvgIpc) is 2.69. The Kier molecular flexibility index (Phi) is 12.2. The SMILES string of the molecule is CCCCCCCCCCCCOC(=O)c1cccc(C(=O)OCC(C)(C)C)n1.